The van der Waals surface area contributed by atoms with Gasteiger partial charge in [-0.3, -0.25) is 9.36 Å². The van der Waals surface area contributed by atoms with Gasteiger partial charge in [-0.1, -0.05) is 11.8 Å². The average Bonchev–Trinajstić information content (AvgIpc) is 3.27. The normalized spacial score (nSPS) is 18.0. The second-order valence-electron chi connectivity index (χ2n) is 6.21. The Labute approximate surface area is 156 Å². The Bertz CT molecular complexity index is 744. The van der Waals surface area contributed by atoms with Gasteiger partial charge >= 0.3 is 0 Å². The molecule has 0 bridgehead atoms. The first kappa shape index (κ1) is 18.8. The standard InChI is InChI=1S/C18H23FN4O2S/c1-3-20-17(24)12(2)26-18-22-21-16(13-6-8-14(19)9-7-13)23(18)11-15-5-4-10-25-15/h6-9,12,15H,3-5,10-11H2,1-2H3,(H,20,24)/t12-,15+/m0/s1. The highest BCUT2D eigenvalue weighted by Crippen LogP contribution is 2.29. The lowest BCUT2D eigenvalue weighted by atomic mass is 10.2. The van der Waals surface area contributed by atoms with E-state index < -0.39 is 0 Å². The summed E-state index contributed by atoms with van der Waals surface area (Å²) < 4.78 is 21.0. The number of ether oxygens (including phenoxy) is 1. The Balaban J connectivity index is 1.88. The fourth-order valence-corrected chi connectivity index (χ4v) is 3.76. The van der Waals surface area contributed by atoms with Crippen LogP contribution in [0.15, 0.2) is 29.4 Å². The minimum absolute atomic E-state index is 0.0347. The molecule has 2 aromatic rings. The molecule has 2 atom stereocenters. The van der Waals surface area contributed by atoms with Gasteiger partial charge in [0.15, 0.2) is 11.0 Å². The molecule has 1 amide bonds. The van der Waals surface area contributed by atoms with Crippen LogP contribution < -0.4 is 5.32 Å². The molecule has 1 saturated heterocycles. The van der Waals surface area contributed by atoms with Crippen molar-refractivity contribution >= 4 is 17.7 Å². The van der Waals surface area contributed by atoms with E-state index in [1.165, 1.54) is 23.9 Å². The van der Waals surface area contributed by atoms with Crippen LogP contribution in [0.2, 0.25) is 0 Å². The minimum Gasteiger partial charge on any atom is -0.376 e. The number of halogens is 1. The number of aromatic nitrogens is 3. The Hall–Kier alpha value is -1.93. The molecule has 1 fully saturated rings. The Morgan fingerprint density at radius 1 is 1.42 bits per heavy atom. The lowest BCUT2D eigenvalue weighted by Gasteiger charge is -2.16. The van der Waals surface area contributed by atoms with E-state index in [4.69, 9.17) is 4.74 Å². The number of carbonyl (C=O) groups excluding carboxylic acids is 1. The van der Waals surface area contributed by atoms with Crippen LogP contribution in [0.1, 0.15) is 26.7 Å². The summed E-state index contributed by atoms with van der Waals surface area (Å²) in [5.41, 5.74) is 0.786. The summed E-state index contributed by atoms with van der Waals surface area (Å²) in [5, 5.41) is 11.8. The van der Waals surface area contributed by atoms with Crippen molar-refractivity contribution in [2.75, 3.05) is 13.2 Å². The maximum atomic E-state index is 13.3. The topological polar surface area (TPSA) is 69.0 Å². The summed E-state index contributed by atoms with van der Waals surface area (Å²) in [6.07, 6.45) is 2.12. The number of rotatable bonds is 7. The zero-order valence-corrected chi connectivity index (χ0v) is 15.8. The number of amides is 1. The van der Waals surface area contributed by atoms with Gasteiger partial charge in [0.2, 0.25) is 5.91 Å². The number of benzene rings is 1. The molecule has 0 aliphatic carbocycles. The van der Waals surface area contributed by atoms with Crippen molar-refractivity contribution in [2.45, 2.75) is 49.7 Å². The maximum Gasteiger partial charge on any atom is 0.233 e. The monoisotopic (exact) mass is 378 g/mol. The predicted molar refractivity (Wildman–Crippen MR) is 98.4 cm³/mol. The third-order valence-electron chi connectivity index (χ3n) is 4.23. The zero-order chi connectivity index (χ0) is 18.5. The highest BCUT2D eigenvalue weighted by Gasteiger charge is 2.24. The molecule has 1 aromatic carbocycles. The minimum atomic E-state index is -0.293. The summed E-state index contributed by atoms with van der Waals surface area (Å²) in [4.78, 5) is 12.1. The first-order valence-electron chi connectivity index (χ1n) is 8.83. The molecule has 0 radical (unpaired) electrons. The van der Waals surface area contributed by atoms with E-state index in [9.17, 15) is 9.18 Å². The molecule has 1 N–H and O–H groups in total. The number of hydrogen-bond donors (Lipinski definition) is 1. The number of carbonyl (C=O) groups is 1. The molecule has 26 heavy (non-hydrogen) atoms. The molecule has 0 saturated carbocycles. The molecule has 140 valence electrons. The highest BCUT2D eigenvalue weighted by molar-refractivity contribution is 8.00. The van der Waals surface area contributed by atoms with E-state index >= 15 is 0 Å². The first-order chi connectivity index (χ1) is 12.6. The van der Waals surface area contributed by atoms with Crippen molar-refractivity contribution in [3.63, 3.8) is 0 Å². The van der Waals surface area contributed by atoms with Crippen LogP contribution in [0.25, 0.3) is 11.4 Å². The number of thioether (sulfide) groups is 1. The van der Waals surface area contributed by atoms with Gasteiger partial charge in [-0.05, 0) is 51.0 Å². The van der Waals surface area contributed by atoms with Gasteiger partial charge in [-0.15, -0.1) is 10.2 Å². The van der Waals surface area contributed by atoms with Gasteiger partial charge in [0.25, 0.3) is 0 Å². The van der Waals surface area contributed by atoms with Crippen molar-refractivity contribution in [2.24, 2.45) is 0 Å². The lowest BCUT2D eigenvalue weighted by Crippen LogP contribution is -2.30. The fourth-order valence-electron chi connectivity index (χ4n) is 2.87. The third-order valence-corrected chi connectivity index (χ3v) is 5.31. The van der Waals surface area contributed by atoms with Crippen LogP contribution in [0.5, 0.6) is 0 Å². The molecule has 6 nitrogen and oxygen atoms in total. The second-order valence-corrected chi connectivity index (χ2v) is 7.52. The van der Waals surface area contributed by atoms with Crippen molar-refractivity contribution in [3.05, 3.63) is 30.1 Å². The summed E-state index contributed by atoms with van der Waals surface area (Å²) in [5.74, 6) is 0.331. The molecule has 1 aromatic heterocycles. The molecule has 2 heterocycles. The zero-order valence-electron chi connectivity index (χ0n) is 14.9. The molecule has 1 aliphatic rings. The van der Waals surface area contributed by atoms with Crippen LogP contribution in [0, 0.1) is 5.82 Å². The fraction of sp³-hybridized carbons (Fsp3) is 0.500. The molecule has 8 heteroatoms. The van der Waals surface area contributed by atoms with Gasteiger partial charge < -0.3 is 10.1 Å². The summed E-state index contributed by atoms with van der Waals surface area (Å²) in [7, 11) is 0. The summed E-state index contributed by atoms with van der Waals surface area (Å²) in [6, 6.07) is 6.19. The van der Waals surface area contributed by atoms with Crippen LogP contribution in [0.4, 0.5) is 4.39 Å². The van der Waals surface area contributed by atoms with Crippen molar-refractivity contribution < 1.29 is 13.9 Å². The molecule has 0 unspecified atom stereocenters. The lowest BCUT2D eigenvalue weighted by molar-refractivity contribution is -0.120. The van der Waals surface area contributed by atoms with Gasteiger partial charge in [0, 0.05) is 18.7 Å². The predicted octanol–water partition coefficient (Wildman–Crippen LogP) is 2.88. The SMILES string of the molecule is CCNC(=O)[C@H](C)Sc1nnc(-c2ccc(F)cc2)n1C[C@H]1CCCO1. The van der Waals surface area contributed by atoms with Gasteiger partial charge in [0.05, 0.1) is 17.9 Å². The Kier molecular flexibility index (Phi) is 6.26. The van der Waals surface area contributed by atoms with E-state index in [0.29, 0.717) is 24.1 Å². The van der Waals surface area contributed by atoms with E-state index in [2.05, 4.69) is 15.5 Å². The van der Waals surface area contributed by atoms with E-state index in [0.717, 1.165) is 25.0 Å². The number of hydrogen-bond acceptors (Lipinski definition) is 5. The molecular formula is C18H23FN4O2S. The highest BCUT2D eigenvalue weighted by atomic mass is 32.2. The van der Waals surface area contributed by atoms with E-state index in [1.54, 1.807) is 12.1 Å². The number of nitrogens with zero attached hydrogens (tertiary/aromatic N) is 3. The average molecular weight is 378 g/mol. The van der Waals surface area contributed by atoms with Crippen LogP contribution in [0.3, 0.4) is 0 Å². The largest absolute Gasteiger partial charge is 0.376 e. The van der Waals surface area contributed by atoms with Crippen LogP contribution in [-0.4, -0.2) is 45.2 Å². The van der Waals surface area contributed by atoms with E-state index in [-0.39, 0.29) is 23.1 Å². The summed E-state index contributed by atoms with van der Waals surface area (Å²) >= 11 is 1.37. The van der Waals surface area contributed by atoms with Gasteiger partial charge in [0.1, 0.15) is 5.82 Å². The van der Waals surface area contributed by atoms with Crippen molar-refractivity contribution in [1.82, 2.24) is 20.1 Å². The van der Waals surface area contributed by atoms with Gasteiger partial charge in [-0.2, -0.15) is 0 Å². The van der Waals surface area contributed by atoms with Gasteiger partial charge in [-0.25, -0.2) is 4.39 Å². The quantitative estimate of drug-likeness (QED) is 0.751. The van der Waals surface area contributed by atoms with Crippen molar-refractivity contribution in [3.8, 4) is 11.4 Å². The van der Waals surface area contributed by atoms with Crippen LogP contribution in [-0.2, 0) is 16.1 Å². The molecular weight excluding hydrogens is 355 g/mol. The number of nitrogens with one attached hydrogen (secondary N) is 1. The van der Waals surface area contributed by atoms with Crippen LogP contribution >= 0.6 is 11.8 Å². The molecule has 3 rings (SSSR count). The maximum absolute atomic E-state index is 13.3. The molecule has 0 spiro atoms. The first-order valence-corrected chi connectivity index (χ1v) is 9.71. The van der Waals surface area contributed by atoms with E-state index in [1.807, 2.05) is 18.4 Å². The summed E-state index contributed by atoms with van der Waals surface area (Å²) in [6.45, 7) is 5.70. The van der Waals surface area contributed by atoms with Crippen molar-refractivity contribution in [1.29, 1.82) is 0 Å². The third kappa shape index (κ3) is 4.42. The second kappa shape index (κ2) is 8.64. The Morgan fingerprint density at radius 3 is 2.85 bits per heavy atom. The smallest absolute Gasteiger partial charge is 0.233 e. The Morgan fingerprint density at radius 2 is 2.19 bits per heavy atom. The molecule has 1 aliphatic heterocycles.